The van der Waals surface area contributed by atoms with Crippen LogP contribution in [0.5, 0.6) is 0 Å². The van der Waals surface area contributed by atoms with Crippen molar-refractivity contribution in [2.75, 3.05) is 19.6 Å². The third-order valence-corrected chi connectivity index (χ3v) is 4.79. The summed E-state index contributed by atoms with van der Waals surface area (Å²) in [6.07, 6.45) is 4.18. The Kier molecular flexibility index (Phi) is 4.50. The van der Waals surface area contributed by atoms with E-state index < -0.39 is 0 Å². The van der Waals surface area contributed by atoms with Crippen LogP contribution in [-0.4, -0.2) is 35.6 Å². The molecule has 0 unspecified atom stereocenters. The zero-order chi connectivity index (χ0) is 13.8. The average molecular weight is 291 g/mol. The first-order chi connectivity index (χ1) is 9.86. The number of furan rings is 1. The smallest absolute Gasteiger partial charge is 0.162 e. The molecule has 2 aromatic rings. The molecule has 0 bridgehead atoms. The maximum atomic E-state index is 5.41. The van der Waals surface area contributed by atoms with E-state index in [-0.39, 0.29) is 0 Å². The van der Waals surface area contributed by atoms with E-state index in [1.165, 1.54) is 12.8 Å². The maximum absolute atomic E-state index is 5.41. The van der Waals surface area contributed by atoms with E-state index in [1.54, 1.807) is 17.6 Å². The lowest BCUT2D eigenvalue weighted by atomic mass is 10.0. The largest absolute Gasteiger partial charge is 0.462 e. The lowest BCUT2D eigenvalue weighted by Gasteiger charge is -2.33. The van der Waals surface area contributed by atoms with E-state index in [9.17, 15) is 0 Å². The Labute approximate surface area is 123 Å². The lowest BCUT2D eigenvalue weighted by molar-refractivity contribution is 0.161. The minimum Gasteiger partial charge on any atom is -0.462 e. The highest BCUT2D eigenvalue weighted by atomic mass is 32.1. The van der Waals surface area contributed by atoms with Crippen molar-refractivity contribution in [3.05, 3.63) is 29.5 Å². The van der Waals surface area contributed by atoms with Crippen LogP contribution in [0.4, 0.5) is 0 Å². The monoisotopic (exact) mass is 291 g/mol. The van der Waals surface area contributed by atoms with Crippen molar-refractivity contribution in [1.29, 1.82) is 0 Å². The second-order valence-corrected chi connectivity index (χ2v) is 6.02. The van der Waals surface area contributed by atoms with E-state index in [4.69, 9.17) is 9.40 Å². The molecule has 3 heterocycles. The van der Waals surface area contributed by atoms with Gasteiger partial charge in [-0.15, -0.1) is 11.3 Å². The number of piperidine rings is 1. The molecule has 1 fully saturated rings. The number of nitrogens with zero attached hydrogens (tertiary/aromatic N) is 2. The van der Waals surface area contributed by atoms with E-state index in [0.717, 1.165) is 42.6 Å². The minimum absolute atomic E-state index is 0.690. The lowest BCUT2D eigenvalue weighted by Crippen LogP contribution is -2.42. The van der Waals surface area contributed by atoms with Gasteiger partial charge in [-0.3, -0.25) is 4.90 Å². The number of hydrogen-bond acceptors (Lipinski definition) is 5. The molecule has 0 aromatic carbocycles. The van der Waals surface area contributed by atoms with E-state index in [1.807, 2.05) is 12.1 Å². The highest BCUT2D eigenvalue weighted by Gasteiger charge is 2.20. The zero-order valence-corrected chi connectivity index (χ0v) is 12.7. The van der Waals surface area contributed by atoms with Crippen LogP contribution in [0.15, 0.2) is 28.2 Å². The van der Waals surface area contributed by atoms with Gasteiger partial charge in [0.05, 0.1) is 12.0 Å². The molecular formula is C15H21N3OS. The van der Waals surface area contributed by atoms with Crippen LogP contribution in [-0.2, 0) is 6.54 Å². The van der Waals surface area contributed by atoms with Crippen molar-refractivity contribution in [1.82, 2.24) is 15.2 Å². The molecule has 1 saturated heterocycles. The topological polar surface area (TPSA) is 41.3 Å². The molecule has 0 spiro atoms. The van der Waals surface area contributed by atoms with E-state index >= 15 is 0 Å². The van der Waals surface area contributed by atoms with Gasteiger partial charge in [-0.1, -0.05) is 6.92 Å². The second kappa shape index (κ2) is 6.52. The van der Waals surface area contributed by atoms with Crippen LogP contribution in [0, 0.1) is 0 Å². The molecule has 0 radical (unpaired) electrons. The fraction of sp³-hybridized carbons (Fsp3) is 0.533. The van der Waals surface area contributed by atoms with Crippen molar-refractivity contribution in [3.8, 4) is 10.8 Å². The van der Waals surface area contributed by atoms with Crippen LogP contribution in [0.1, 0.15) is 25.5 Å². The molecule has 20 heavy (non-hydrogen) atoms. The summed E-state index contributed by atoms with van der Waals surface area (Å²) in [6.45, 7) is 6.53. The van der Waals surface area contributed by atoms with Crippen LogP contribution in [0.3, 0.4) is 0 Å². The summed E-state index contributed by atoms with van der Waals surface area (Å²) in [6, 6.07) is 4.56. The molecule has 0 aliphatic carbocycles. The Morgan fingerprint density at radius 3 is 3.00 bits per heavy atom. The van der Waals surface area contributed by atoms with E-state index in [2.05, 4.69) is 22.5 Å². The molecule has 0 amide bonds. The Bertz CT molecular complexity index is 517. The molecule has 1 N–H and O–H groups in total. The van der Waals surface area contributed by atoms with Gasteiger partial charge in [-0.25, -0.2) is 4.98 Å². The quantitative estimate of drug-likeness (QED) is 0.919. The third kappa shape index (κ3) is 3.11. The van der Waals surface area contributed by atoms with Crippen molar-refractivity contribution in [3.63, 3.8) is 0 Å². The average Bonchev–Trinajstić information content (AvgIpc) is 3.16. The Balaban J connectivity index is 1.66. The SMILES string of the molecule is CCN(Cc1csc(-c2ccco2)n1)C1CCNCC1. The van der Waals surface area contributed by atoms with Gasteiger partial charge in [0.15, 0.2) is 10.8 Å². The third-order valence-electron chi connectivity index (χ3n) is 3.88. The predicted octanol–water partition coefficient (Wildman–Crippen LogP) is 2.98. The molecule has 3 rings (SSSR count). The molecule has 108 valence electrons. The van der Waals surface area contributed by atoms with Gasteiger partial charge < -0.3 is 9.73 Å². The first-order valence-electron chi connectivity index (χ1n) is 7.30. The van der Waals surface area contributed by atoms with Gasteiger partial charge in [0, 0.05) is 18.0 Å². The highest BCUT2D eigenvalue weighted by Crippen LogP contribution is 2.25. The Morgan fingerprint density at radius 1 is 1.45 bits per heavy atom. The van der Waals surface area contributed by atoms with Crippen LogP contribution >= 0.6 is 11.3 Å². The van der Waals surface area contributed by atoms with Crippen molar-refractivity contribution in [2.45, 2.75) is 32.4 Å². The van der Waals surface area contributed by atoms with Gasteiger partial charge >= 0.3 is 0 Å². The highest BCUT2D eigenvalue weighted by molar-refractivity contribution is 7.13. The molecule has 0 saturated carbocycles. The van der Waals surface area contributed by atoms with Gasteiger partial charge in [0.2, 0.25) is 0 Å². The van der Waals surface area contributed by atoms with E-state index in [0.29, 0.717) is 6.04 Å². The summed E-state index contributed by atoms with van der Waals surface area (Å²) in [5, 5.41) is 6.56. The van der Waals surface area contributed by atoms with Crippen molar-refractivity contribution >= 4 is 11.3 Å². The maximum Gasteiger partial charge on any atom is 0.162 e. The molecule has 0 atom stereocenters. The zero-order valence-electron chi connectivity index (χ0n) is 11.8. The number of rotatable bonds is 5. The second-order valence-electron chi connectivity index (χ2n) is 5.17. The minimum atomic E-state index is 0.690. The summed E-state index contributed by atoms with van der Waals surface area (Å²) in [5.41, 5.74) is 1.15. The first kappa shape index (κ1) is 13.8. The Morgan fingerprint density at radius 2 is 2.30 bits per heavy atom. The molecule has 2 aromatic heterocycles. The molecule has 1 aliphatic heterocycles. The van der Waals surface area contributed by atoms with Gasteiger partial charge in [-0.05, 0) is 44.6 Å². The van der Waals surface area contributed by atoms with Crippen LogP contribution in [0.2, 0.25) is 0 Å². The molecular weight excluding hydrogens is 270 g/mol. The number of aromatic nitrogens is 1. The normalized spacial score (nSPS) is 16.9. The molecule has 1 aliphatic rings. The standard InChI is InChI=1S/C15H21N3OS/c1-2-18(13-5-7-16-8-6-13)10-12-11-20-15(17-12)14-4-3-9-19-14/h3-4,9,11,13,16H,2,5-8,10H2,1H3. The summed E-state index contributed by atoms with van der Waals surface area (Å²) < 4.78 is 5.41. The molecule has 4 nitrogen and oxygen atoms in total. The predicted molar refractivity (Wildman–Crippen MR) is 81.8 cm³/mol. The van der Waals surface area contributed by atoms with Crippen molar-refractivity contribution < 1.29 is 4.42 Å². The summed E-state index contributed by atoms with van der Waals surface area (Å²) in [7, 11) is 0. The number of thiazole rings is 1. The fourth-order valence-electron chi connectivity index (χ4n) is 2.77. The fourth-order valence-corrected chi connectivity index (χ4v) is 3.55. The van der Waals surface area contributed by atoms with Crippen LogP contribution in [0.25, 0.3) is 10.8 Å². The molecule has 5 heteroatoms. The summed E-state index contributed by atoms with van der Waals surface area (Å²) in [5.74, 6) is 0.867. The van der Waals surface area contributed by atoms with Crippen LogP contribution < -0.4 is 5.32 Å². The first-order valence-corrected chi connectivity index (χ1v) is 8.18. The van der Waals surface area contributed by atoms with Gasteiger partial charge in [0.25, 0.3) is 0 Å². The van der Waals surface area contributed by atoms with Gasteiger partial charge in [-0.2, -0.15) is 0 Å². The Hall–Kier alpha value is -1.17. The summed E-state index contributed by atoms with van der Waals surface area (Å²) >= 11 is 1.66. The number of hydrogen-bond donors (Lipinski definition) is 1. The van der Waals surface area contributed by atoms with Gasteiger partial charge in [0.1, 0.15) is 0 Å². The summed E-state index contributed by atoms with van der Waals surface area (Å²) in [4.78, 5) is 7.25. The van der Waals surface area contributed by atoms with Crippen molar-refractivity contribution in [2.24, 2.45) is 0 Å². The number of nitrogens with one attached hydrogen (secondary N) is 1.